The summed E-state index contributed by atoms with van der Waals surface area (Å²) >= 11 is 0. The molecule has 0 aliphatic heterocycles. The van der Waals surface area contributed by atoms with Crippen molar-refractivity contribution in [1.82, 2.24) is 0 Å². The van der Waals surface area contributed by atoms with Gasteiger partial charge in [0.2, 0.25) is 0 Å². The maximum atomic E-state index is 12.2. The van der Waals surface area contributed by atoms with Crippen LogP contribution in [0.25, 0.3) is 0 Å². The molecule has 0 aliphatic carbocycles. The van der Waals surface area contributed by atoms with Gasteiger partial charge in [-0.2, -0.15) is 0 Å². The number of carbonyl (C=O) groups excluding carboxylic acids is 1. The molecule has 3 heteroatoms. The summed E-state index contributed by atoms with van der Waals surface area (Å²) in [6, 6.07) is 12.6. The average molecular weight is 226 g/mol. The molecule has 0 atom stereocenters. The molecular weight excluding hydrogens is 212 g/mol. The third kappa shape index (κ3) is 2.13. The number of carbonyl (C=O) groups is 1. The Morgan fingerprint density at radius 1 is 1.06 bits per heavy atom. The Morgan fingerprint density at radius 3 is 2.35 bits per heavy atom. The van der Waals surface area contributed by atoms with Crippen LogP contribution in [0.3, 0.4) is 0 Å². The molecule has 17 heavy (non-hydrogen) atoms. The van der Waals surface area contributed by atoms with E-state index in [1.165, 1.54) is 0 Å². The summed E-state index contributed by atoms with van der Waals surface area (Å²) in [5.41, 5.74) is 14.4. The molecule has 2 aromatic carbocycles. The largest absolute Gasteiger partial charge is 0.397 e. The SMILES string of the molecule is Cc1cc(N)c(N)c(C(=O)c2ccccc2)c1. The minimum absolute atomic E-state index is 0.0986. The van der Waals surface area contributed by atoms with Gasteiger partial charge in [-0.3, -0.25) is 4.79 Å². The summed E-state index contributed by atoms with van der Waals surface area (Å²) in [4.78, 5) is 12.2. The Kier molecular flexibility index (Phi) is 2.83. The van der Waals surface area contributed by atoms with Gasteiger partial charge in [-0.25, -0.2) is 0 Å². The van der Waals surface area contributed by atoms with E-state index < -0.39 is 0 Å². The van der Waals surface area contributed by atoms with Crippen molar-refractivity contribution in [3.05, 3.63) is 59.2 Å². The Balaban J connectivity index is 2.52. The van der Waals surface area contributed by atoms with Gasteiger partial charge in [0.15, 0.2) is 5.78 Å². The van der Waals surface area contributed by atoms with E-state index in [1.54, 1.807) is 24.3 Å². The molecule has 2 aromatic rings. The lowest BCUT2D eigenvalue weighted by Gasteiger charge is -2.09. The first kappa shape index (κ1) is 11.2. The number of benzene rings is 2. The molecule has 0 spiro atoms. The van der Waals surface area contributed by atoms with Crippen LogP contribution in [0.15, 0.2) is 42.5 Å². The van der Waals surface area contributed by atoms with Crippen molar-refractivity contribution in [1.29, 1.82) is 0 Å². The lowest BCUT2D eigenvalue weighted by molar-refractivity contribution is 0.103. The second-order valence-corrected chi connectivity index (χ2v) is 4.01. The number of hydrogen-bond donors (Lipinski definition) is 2. The summed E-state index contributed by atoms with van der Waals surface area (Å²) in [6.07, 6.45) is 0. The highest BCUT2D eigenvalue weighted by Gasteiger charge is 2.14. The zero-order valence-electron chi connectivity index (χ0n) is 9.60. The number of nitrogens with two attached hydrogens (primary N) is 2. The number of aryl methyl sites for hydroxylation is 1. The van der Waals surface area contributed by atoms with Crippen LogP contribution in [0, 0.1) is 6.92 Å². The Bertz CT molecular complexity index is 562. The van der Waals surface area contributed by atoms with E-state index in [-0.39, 0.29) is 5.78 Å². The molecule has 0 heterocycles. The molecule has 3 nitrogen and oxygen atoms in total. The van der Waals surface area contributed by atoms with Gasteiger partial charge in [-0.05, 0) is 24.6 Å². The van der Waals surface area contributed by atoms with Crippen LogP contribution in [0.4, 0.5) is 11.4 Å². The molecule has 0 saturated carbocycles. The highest BCUT2D eigenvalue weighted by molar-refractivity contribution is 6.13. The van der Waals surface area contributed by atoms with Gasteiger partial charge in [0.1, 0.15) is 0 Å². The fraction of sp³-hybridized carbons (Fsp3) is 0.0714. The van der Waals surface area contributed by atoms with Crippen LogP contribution in [0.1, 0.15) is 21.5 Å². The van der Waals surface area contributed by atoms with Crippen molar-refractivity contribution in [3.8, 4) is 0 Å². The molecule has 2 rings (SSSR count). The van der Waals surface area contributed by atoms with E-state index in [0.29, 0.717) is 22.5 Å². The zero-order valence-corrected chi connectivity index (χ0v) is 9.60. The highest BCUT2D eigenvalue weighted by Crippen LogP contribution is 2.24. The molecule has 0 unspecified atom stereocenters. The van der Waals surface area contributed by atoms with E-state index in [4.69, 9.17) is 11.5 Å². The first-order chi connectivity index (χ1) is 8.09. The van der Waals surface area contributed by atoms with Crippen molar-refractivity contribution >= 4 is 17.2 Å². The Morgan fingerprint density at radius 2 is 1.71 bits per heavy atom. The number of ketones is 1. The summed E-state index contributed by atoms with van der Waals surface area (Å²) in [5, 5.41) is 0. The Labute approximate surface area is 100 Å². The van der Waals surface area contributed by atoms with Gasteiger partial charge in [0.25, 0.3) is 0 Å². The molecule has 4 N–H and O–H groups in total. The predicted molar refractivity (Wildman–Crippen MR) is 69.9 cm³/mol. The second kappa shape index (κ2) is 4.29. The summed E-state index contributed by atoms with van der Waals surface area (Å²) in [7, 11) is 0. The average Bonchev–Trinajstić information content (AvgIpc) is 2.34. The topological polar surface area (TPSA) is 69.1 Å². The van der Waals surface area contributed by atoms with E-state index in [9.17, 15) is 4.79 Å². The highest BCUT2D eigenvalue weighted by atomic mass is 16.1. The first-order valence-corrected chi connectivity index (χ1v) is 5.35. The maximum Gasteiger partial charge on any atom is 0.195 e. The lowest BCUT2D eigenvalue weighted by Crippen LogP contribution is -2.08. The van der Waals surface area contributed by atoms with Crippen molar-refractivity contribution in [2.45, 2.75) is 6.92 Å². The predicted octanol–water partition coefficient (Wildman–Crippen LogP) is 2.39. The van der Waals surface area contributed by atoms with Crippen LogP contribution in [0.5, 0.6) is 0 Å². The normalized spacial score (nSPS) is 10.2. The fourth-order valence-corrected chi connectivity index (χ4v) is 1.76. The van der Waals surface area contributed by atoms with Crippen molar-refractivity contribution < 1.29 is 4.79 Å². The molecule has 0 radical (unpaired) electrons. The summed E-state index contributed by atoms with van der Waals surface area (Å²) in [5.74, 6) is -0.0986. The minimum Gasteiger partial charge on any atom is -0.397 e. The fourth-order valence-electron chi connectivity index (χ4n) is 1.76. The van der Waals surface area contributed by atoms with Crippen molar-refractivity contribution in [3.63, 3.8) is 0 Å². The van der Waals surface area contributed by atoms with E-state index >= 15 is 0 Å². The van der Waals surface area contributed by atoms with Crippen LogP contribution >= 0.6 is 0 Å². The second-order valence-electron chi connectivity index (χ2n) is 4.01. The summed E-state index contributed by atoms with van der Waals surface area (Å²) in [6.45, 7) is 1.89. The maximum absolute atomic E-state index is 12.2. The molecule has 86 valence electrons. The van der Waals surface area contributed by atoms with Gasteiger partial charge in [-0.15, -0.1) is 0 Å². The van der Waals surface area contributed by atoms with Gasteiger partial charge >= 0.3 is 0 Å². The molecule has 0 aliphatic rings. The van der Waals surface area contributed by atoms with Crippen LogP contribution in [-0.4, -0.2) is 5.78 Å². The zero-order chi connectivity index (χ0) is 12.4. The smallest absolute Gasteiger partial charge is 0.195 e. The molecule has 0 bridgehead atoms. The Hall–Kier alpha value is -2.29. The van der Waals surface area contributed by atoms with Crippen LogP contribution in [-0.2, 0) is 0 Å². The quantitative estimate of drug-likeness (QED) is 0.610. The van der Waals surface area contributed by atoms with Gasteiger partial charge in [-0.1, -0.05) is 30.3 Å². The van der Waals surface area contributed by atoms with Gasteiger partial charge in [0.05, 0.1) is 11.4 Å². The minimum atomic E-state index is -0.0986. The van der Waals surface area contributed by atoms with Crippen molar-refractivity contribution in [2.75, 3.05) is 11.5 Å². The van der Waals surface area contributed by atoms with Crippen LogP contribution < -0.4 is 11.5 Å². The molecule has 0 saturated heterocycles. The molecule has 0 fully saturated rings. The number of rotatable bonds is 2. The van der Waals surface area contributed by atoms with Crippen molar-refractivity contribution in [2.24, 2.45) is 0 Å². The molecular formula is C14H14N2O. The van der Waals surface area contributed by atoms with Gasteiger partial charge in [0, 0.05) is 11.1 Å². The lowest BCUT2D eigenvalue weighted by atomic mass is 9.99. The van der Waals surface area contributed by atoms with E-state index in [2.05, 4.69) is 0 Å². The monoisotopic (exact) mass is 226 g/mol. The standard InChI is InChI=1S/C14H14N2O/c1-9-7-11(13(16)12(15)8-9)14(17)10-5-3-2-4-6-10/h2-8H,15-16H2,1H3. The van der Waals surface area contributed by atoms with Gasteiger partial charge < -0.3 is 11.5 Å². The van der Waals surface area contributed by atoms with Crippen LogP contribution in [0.2, 0.25) is 0 Å². The number of nitrogen functional groups attached to an aromatic ring is 2. The number of hydrogen-bond acceptors (Lipinski definition) is 3. The first-order valence-electron chi connectivity index (χ1n) is 5.35. The third-order valence-electron chi connectivity index (χ3n) is 2.64. The van der Waals surface area contributed by atoms with E-state index in [1.807, 2.05) is 25.1 Å². The molecule has 0 amide bonds. The van der Waals surface area contributed by atoms with E-state index in [0.717, 1.165) is 5.56 Å². The summed E-state index contributed by atoms with van der Waals surface area (Å²) < 4.78 is 0. The third-order valence-corrected chi connectivity index (χ3v) is 2.64. The molecule has 0 aromatic heterocycles. The number of anilines is 2.